The molecule has 3 rings (SSSR count). The van der Waals surface area contributed by atoms with Crippen molar-refractivity contribution in [2.75, 3.05) is 43.7 Å². The van der Waals surface area contributed by atoms with Crippen molar-refractivity contribution in [2.45, 2.75) is 11.8 Å². The average Bonchev–Trinajstić information content (AvgIpc) is 2.76. The van der Waals surface area contributed by atoms with E-state index in [0.717, 1.165) is 24.7 Å². The predicted octanol–water partition coefficient (Wildman–Crippen LogP) is 5.07. The first-order valence-corrected chi connectivity index (χ1v) is 11.2. The number of anilines is 3. The van der Waals surface area contributed by atoms with Crippen molar-refractivity contribution in [3.8, 4) is 11.4 Å². The number of hydrogen-bond donors (Lipinski definition) is 4. The Kier molecular flexibility index (Phi) is 8.61. The molecule has 0 aliphatic heterocycles. The second-order valence-electron chi connectivity index (χ2n) is 7.55. The van der Waals surface area contributed by atoms with E-state index in [1.165, 1.54) is 0 Å². The average molecular weight is 508 g/mol. The molecule has 8 nitrogen and oxygen atoms in total. The van der Waals surface area contributed by atoms with Gasteiger partial charge in [-0.3, -0.25) is 5.48 Å². The van der Waals surface area contributed by atoms with Crippen LogP contribution in [0.1, 0.15) is 12.5 Å². The van der Waals surface area contributed by atoms with Crippen LogP contribution < -0.4 is 16.5 Å². The molecule has 0 saturated carbocycles. The van der Waals surface area contributed by atoms with Crippen molar-refractivity contribution < 1.29 is 13.1 Å². The molecule has 0 bridgehead atoms. The minimum absolute atomic E-state index is 0.0139. The van der Waals surface area contributed by atoms with Gasteiger partial charge in [-0.25, -0.2) is 18.7 Å². The number of rotatable bonds is 10. The lowest BCUT2D eigenvalue weighted by Gasteiger charge is -2.16. The van der Waals surface area contributed by atoms with Gasteiger partial charge in [0.05, 0.1) is 33.2 Å². The third kappa shape index (κ3) is 6.54. The number of nitrogens with zero attached hydrogens (tertiary/aromatic N) is 3. The molecule has 0 radical (unpaired) electrons. The number of benzene rings is 2. The molecule has 12 heteroatoms. The first-order chi connectivity index (χ1) is 16.2. The summed E-state index contributed by atoms with van der Waals surface area (Å²) >= 11 is 6.99. The van der Waals surface area contributed by atoms with E-state index >= 15 is 0 Å². The van der Waals surface area contributed by atoms with Crippen LogP contribution in [0, 0.1) is 17.0 Å². The van der Waals surface area contributed by atoms with Gasteiger partial charge in [0.15, 0.2) is 5.82 Å². The standard InChI is InChI=1S/C22H24ClF2N7OS/c1-12(26)19-20(27)29-21(30-22(19)28-8-9-32(2)3)13-4-7-17(15(23)10-13)31-33-34-18-11-14(24)5-6-16(18)25/h4-7,10-11,26,31H,8-9H2,1-3H3,(H3,27,28,29,30). The lowest BCUT2D eigenvalue weighted by molar-refractivity contribution is 0.425. The predicted molar refractivity (Wildman–Crippen MR) is 133 cm³/mol. The summed E-state index contributed by atoms with van der Waals surface area (Å²) in [7, 11) is 3.91. The van der Waals surface area contributed by atoms with E-state index in [4.69, 9.17) is 27.0 Å². The van der Waals surface area contributed by atoms with Crippen LogP contribution in [0.15, 0.2) is 41.3 Å². The van der Waals surface area contributed by atoms with E-state index in [0.29, 0.717) is 47.0 Å². The summed E-state index contributed by atoms with van der Waals surface area (Å²) in [5.41, 5.74) is 10.4. The maximum absolute atomic E-state index is 13.7. The summed E-state index contributed by atoms with van der Waals surface area (Å²) in [5, 5.41) is 11.5. The molecule has 2 aromatic carbocycles. The maximum Gasteiger partial charge on any atom is 0.163 e. The van der Waals surface area contributed by atoms with E-state index in [9.17, 15) is 8.78 Å². The fourth-order valence-electron chi connectivity index (χ4n) is 2.89. The summed E-state index contributed by atoms with van der Waals surface area (Å²) in [4.78, 5) is 10.9. The fraction of sp³-hybridized carbons (Fsp3) is 0.227. The number of nitrogens with one attached hydrogen (secondary N) is 3. The van der Waals surface area contributed by atoms with Crippen LogP contribution in [0.5, 0.6) is 0 Å². The fourth-order valence-corrected chi connectivity index (χ4v) is 3.64. The number of nitrogens with two attached hydrogens (primary N) is 1. The molecular weight excluding hydrogens is 484 g/mol. The number of aromatic nitrogens is 2. The van der Waals surface area contributed by atoms with Gasteiger partial charge < -0.3 is 21.4 Å². The minimum Gasteiger partial charge on any atom is -0.383 e. The van der Waals surface area contributed by atoms with Crippen LogP contribution in [-0.2, 0) is 4.28 Å². The molecule has 0 unspecified atom stereocenters. The third-order valence-electron chi connectivity index (χ3n) is 4.57. The molecule has 3 aromatic rings. The zero-order chi connectivity index (χ0) is 24.8. The second kappa shape index (κ2) is 11.4. The van der Waals surface area contributed by atoms with Crippen molar-refractivity contribution in [1.29, 1.82) is 5.41 Å². The topological polar surface area (TPSA) is 112 Å². The molecule has 0 amide bonds. The van der Waals surface area contributed by atoms with E-state index in [-0.39, 0.29) is 21.4 Å². The Balaban J connectivity index is 1.78. The first-order valence-electron chi connectivity index (χ1n) is 10.1. The Hall–Kier alpha value is -2.99. The van der Waals surface area contributed by atoms with Crippen molar-refractivity contribution in [3.63, 3.8) is 0 Å². The summed E-state index contributed by atoms with van der Waals surface area (Å²) in [6.45, 7) is 2.99. The van der Waals surface area contributed by atoms with Gasteiger partial charge in [0, 0.05) is 24.4 Å². The normalized spacial score (nSPS) is 11.0. The smallest absolute Gasteiger partial charge is 0.163 e. The van der Waals surface area contributed by atoms with Gasteiger partial charge in [0.2, 0.25) is 0 Å². The van der Waals surface area contributed by atoms with E-state index in [1.54, 1.807) is 25.1 Å². The van der Waals surface area contributed by atoms with Crippen molar-refractivity contribution in [2.24, 2.45) is 0 Å². The molecule has 0 atom stereocenters. The molecule has 0 aliphatic rings. The number of likely N-dealkylation sites (N-methyl/N-ethyl adjacent to an activating group) is 1. The Morgan fingerprint density at radius 3 is 2.65 bits per heavy atom. The number of halogens is 3. The summed E-state index contributed by atoms with van der Waals surface area (Å²) in [6, 6.07) is 8.03. The van der Waals surface area contributed by atoms with Gasteiger partial charge in [0.25, 0.3) is 0 Å². The zero-order valence-corrected chi connectivity index (χ0v) is 20.3. The molecule has 5 N–H and O–H groups in total. The Morgan fingerprint density at radius 1 is 1.21 bits per heavy atom. The van der Waals surface area contributed by atoms with Crippen molar-refractivity contribution in [3.05, 3.63) is 58.6 Å². The second-order valence-corrected chi connectivity index (χ2v) is 8.73. The molecule has 180 valence electrons. The largest absolute Gasteiger partial charge is 0.383 e. The highest BCUT2D eigenvalue weighted by molar-refractivity contribution is 7.94. The van der Waals surface area contributed by atoms with E-state index < -0.39 is 11.6 Å². The zero-order valence-electron chi connectivity index (χ0n) is 18.7. The molecule has 0 saturated heterocycles. The van der Waals surface area contributed by atoms with Crippen molar-refractivity contribution >= 4 is 46.7 Å². The highest BCUT2D eigenvalue weighted by atomic mass is 35.5. The first kappa shape index (κ1) is 25.6. The molecule has 0 fully saturated rings. The number of hydrogen-bond acceptors (Lipinski definition) is 9. The van der Waals surface area contributed by atoms with Crippen LogP contribution in [0.25, 0.3) is 11.4 Å². The van der Waals surface area contributed by atoms with Gasteiger partial charge in [-0.15, -0.1) is 0 Å². The van der Waals surface area contributed by atoms with Crippen LogP contribution >= 0.6 is 23.6 Å². The Bertz CT molecular complexity index is 1200. The highest BCUT2D eigenvalue weighted by Crippen LogP contribution is 2.31. The highest BCUT2D eigenvalue weighted by Gasteiger charge is 2.16. The third-order valence-corrected chi connectivity index (χ3v) is 5.54. The maximum atomic E-state index is 13.7. The van der Waals surface area contributed by atoms with Crippen LogP contribution in [0.4, 0.5) is 26.1 Å². The number of nitrogen functional groups attached to an aromatic ring is 1. The monoisotopic (exact) mass is 507 g/mol. The minimum atomic E-state index is -0.608. The molecule has 0 spiro atoms. The van der Waals surface area contributed by atoms with Gasteiger partial charge in [-0.2, -0.15) is 4.28 Å². The molecule has 0 aliphatic carbocycles. The van der Waals surface area contributed by atoms with Crippen molar-refractivity contribution in [1.82, 2.24) is 14.9 Å². The molecular formula is C22H24ClF2N7OS. The Labute approximate surface area is 205 Å². The summed E-state index contributed by atoms with van der Waals surface area (Å²) < 4.78 is 32.2. The van der Waals surface area contributed by atoms with Gasteiger partial charge >= 0.3 is 0 Å². The van der Waals surface area contributed by atoms with Gasteiger partial charge in [-0.05, 0) is 57.4 Å². The van der Waals surface area contributed by atoms with Gasteiger partial charge in [0.1, 0.15) is 23.3 Å². The summed E-state index contributed by atoms with van der Waals surface area (Å²) in [5.74, 6) is -0.204. The molecule has 1 aromatic heterocycles. The molecule has 34 heavy (non-hydrogen) atoms. The summed E-state index contributed by atoms with van der Waals surface area (Å²) in [6.07, 6.45) is 0. The van der Waals surface area contributed by atoms with Crippen LogP contribution in [-0.4, -0.2) is 47.8 Å². The van der Waals surface area contributed by atoms with Crippen LogP contribution in [0.2, 0.25) is 5.02 Å². The molecule has 1 heterocycles. The SMILES string of the molecule is CC(=N)c1c(N)nc(-c2ccc(NOSc3cc(F)ccc3F)c(Cl)c2)nc1NCCN(C)C. The van der Waals surface area contributed by atoms with Crippen LogP contribution in [0.3, 0.4) is 0 Å². The van der Waals surface area contributed by atoms with Gasteiger partial charge in [-0.1, -0.05) is 11.6 Å². The lowest BCUT2D eigenvalue weighted by Crippen LogP contribution is -2.22. The quantitative estimate of drug-likeness (QED) is 0.171. The van der Waals surface area contributed by atoms with E-state index in [2.05, 4.69) is 20.8 Å². The Morgan fingerprint density at radius 2 is 1.97 bits per heavy atom. The van der Waals surface area contributed by atoms with E-state index in [1.807, 2.05) is 19.0 Å². The lowest BCUT2D eigenvalue weighted by atomic mass is 10.1.